The third kappa shape index (κ3) is 4.26. The van der Waals surface area contributed by atoms with Gasteiger partial charge in [-0.25, -0.2) is 9.18 Å². The molecule has 1 aliphatic rings. The number of nitriles is 1. The summed E-state index contributed by atoms with van der Waals surface area (Å²) in [6.45, 7) is 8.60. The summed E-state index contributed by atoms with van der Waals surface area (Å²) in [5, 5.41) is 21.1. The van der Waals surface area contributed by atoms with E-state index in [4.69, 9.17) is 4.74 Å². The van der Waals surface area contributed by atoms with Gasteiger partial charge in [-0.3, -0.25) is 4.98 Å². The Kier molecular flexibility index (Phi) is 5.81. The Morgan fingerprint density at radius 2 is 1.84 bits per heavy atom. The van der Waals surface area contributed by atoms with Gasteiger partial charge in [0.2, 0.25) is 0 Å². The molecule has 1 aliphatic heterocycles. The van der Waals surface area contributed by atoms with Crippen LogP contribution in [0.3, 0.4) is 0 Å². The number of rotatable bonds is 4. The number of benzene rings is 1. The molecule has 1 N–H and O–H groups in total. The third-order valence-corrected chi connectivity index (χ3v) is 5.46. The number of halogens is 1. The highest BCUT2D eigenvalue weighted by atomic mass is 19.1. The number of ether oxygens (including phenoxy) is 1. The van der Waals surface area contributed by atoms with E-state index in [9.17, 15) is 15.2 Å². The van der Waals surface area contributed by atoms with Gasteiger partial charge in [-0.1, -0.05) is 38.1 Å². The number of hydrogen-bond donors (Lipinski definition) is 1. The van der Waals surface area contributed by atoms with Gasteiger partial charge in [0.25, 0.3) is 0 Å². The van der Waals surface area contributed by atoms with Crippen LogP contribution in [0.5, 0.6) is 0 Å². The van der Waals surface area contributed by atoms with Gasteiger partial charge in [-0.2, -0.15) is 5.26 Å². The molecule has 1 aromatic carbocycles. The maximum atomic E-state index is 16.3. The number of carbonyl (C=O) groups is 1. The summed E-state index contributed by atoms with van der Waals surface area (Å²) in [6, 6.07) is 10.5. The molecule has 1 saturated heterocycles. The monoisotopic (exact) mass is 425 g/mol. The van der Waals surface area contributed by atoms with Crippen molar-refractivity contribution in [3.63, 3.8) is 0 Å². The third-order valence-electron chi connectivity index (χ3n) is 5.46. The van der Waals surface area contributed by atoms with Crippen molar-refractivity contribution in [1.82, 2.24) is 9.88 Å². The number of aromatic nitrogens is 1. The fraction of sp³-hybridized carbons (Fsp3) is 0.458. The SMILES string of the molecule is CC(C)c1ccc([C@](O)(c2cncc(C#N)c2)C2(F)CN(C(=O)OC(C)(C)C)C2)cc1. The molecule has 0 spiro atoms. The van der Waals surface area contributed by atoms with Crippen molar-refractivity contribution in [3.8, 4) is 6.07 Å². The minimum Gasteiger partial charge on any atom is -0.444 e. The van der Waals surface area contributed by atoms with Gasteiger partial charge in [-0.05, 0) is 43.9 Å². The molecule has 31 heavy (non-hydrogen) atoms. The molecule has 0 aliphatic carbocycles. The zero-order chi connectivity index (χ0) is 23.0. The van der Waals surface area contributed by atoms with E-state index in [-0.39, 0.29) is 30.1 Å². The summed E-state index contributed by atoms with van der Waals surface area (Å²) in [4.78, 5) is 17.6. The van der Waals surface area contributed by atoms with Crippen LogP contribution < -0.4 is 0 Å². The lowest BCUT2D eigenvalue weighted by Gasteiger charge is -2.52. The molecular formula is C24H28FN3O3. The second-order valence-electron chi connectivity index (χ2n) is 9.36. The molecular weight excluding hydrogens is 397 g/mol. The quantitative estimate of drug-likeness (QED) is 0.790. The average molecular weight is 426 g/mol. The van der Waals surface area contributed by atoms with Crippen LogP contribution in [-0.4, -0.2) is 45.4 Å². The fourth-order valence-corrected chi connectivity index (χ4v) is 3.74. The van der Waals surface area contributed by atoms with Gasteiger partial charge < -0.3 is 14.7 Å². The Labute approximate surface area is 182 Å². The van der Waals surface area contributed by atoms with Gasteiger partial charge in [0.1, 0.15) is 11.7 Å². The summed E-state index contributed by atoms with van der Waals surface area (Å²) in [6.07, 6.45) is 2.07. The molecule has 0 radical (unpaired) electrons. The summed E-state index contributed by atoms with van der Waals surface area (Å²) >= 11 is 0. The van der Waals surface area contributed by atoms with Crippen molar-refractivity contribution in [2.24, 2.45) is 0 Å². The first kappa shape index (κ1) is 22.7. The molecule has 1 aromatic heterocycles. The van der Waals surface area contributed by atoms with Crippen LogP contribution in [-0.2, 0) is 10.3 Å². The lowest BCUT2D eigenvalue weighted by Crippen LogP contribution is -2.70. The standard InChI is InChI=1S/C24H28FN3O3/c1-16(2)18-6-8-19(9-7-18)24(30,20-10-17(11-26)12-27-13-20)23(25)14-28(15-23)21(29)31-22(3,4)5/h6-10,12-13,16,30H,14-15H2,1-5H3/t24-/m0/s1. The van der Waals surface area contributed by atoms with Crippen LogP contribution in [0.4, 0.5) is 9.18 Å². The maximum Gasteiger partial charge on any atom is 0.410 e. The highest BCUT2D eigenvalue weighted by Crippen LogP contribution is 2.47. The number of alkyl halides is 1. The summed E-state index contributed by atoms with van der Waals surface area (Å²) in [5.41, 5.74) is -3.23. The summed E-state index contributed by atoms with van der Waals surface area (Å²) < 4.78 is 21.6. The highest BCUT2D eigenvalue weighted by Gasteiger charge is 2.62. The first-order chi connectivity index (χ1) is 14.4. The van der Waals surface area contributed by atoms with E-state index in [1.165, 1.54) is 23.4 Å². The van der Waals surface area contributed by atoms with E-state index in [0.29, 0.717) is 5.56 Å². The van der Waals surface area contributed by atoms with E-state index in [1.807, 2.05) is 32.0 Å². The number of amides is 1. The van der Waals surface area contributed by atoms with E-state index in [1.54, 1.807) is 32.9 Å². The zero-order valence-corrected chi connectivity index (χ0v) is 18.5. The Bertz CT molecular complexity index is 1000. The van der Waals surface area contributed by atoms with Crippen LogP contribution in [0, 0.1) is 11.3 Å². The maximum absolute atomic E-state index is 16.3. The molecule has 0 unspecified atom stereocenters. The van der Waals surface area contributed by atoms with E-state index < -0.39 is 23.0 Å². The molecule has 1 atom stereocenters. The van der Waals surface area contributed by atoms with Gasteiger partial charge in [0, 0.05) is 18.0 Å². The van der Waals surface area contributed by atoms with Gasteiger partial charge in [-0.15, -0.1) is 0 Å². The lowest BCUT2D eigenvalue weighted by atomic mass is 9.70. The van der Waals surface area contributed by atoms with Gasteiger partial charge in [0.05, 0.1) is 18.7 Å². The summed E-state index contributed by atoms with van der Waals surface area (Å²) in [7, 11) is 0. The molecule has 0 bridgehead atoms. The van der Waals surface area contributed by atoms with Crippen molar-refractivity contribution in [3.05, 3.63) is 65.0 Å². The van der Waals surface area contributed by atoms with Crippen molar-refractivity contribution in [2.75, 3.05) is 13.1 Å². The van der Waals surface area contributed by atoms with Crippen molar-refractivity contribution in [1.29, 1.82) is 5.26 Å². The number of pyridine rings is 1. The molecule has 6 nitrogen and oxygen atoms in total. The van der Waals surface area contributed by atoms with E-state index >= 15 is 4.39 Å². The number of hydrogen-bond acceptors (Lipinski definition) is 5. The molecule has 1 fully saturated rings. The molecule has 2 heterocycles. The molecule has 164 valence electrons. The fourth-order valence-electron chi connectivity index (χ4n) is 3.74. The Balaban J connectivity index is 2.01. The zero-order valence-electron chi connectivity index (χ0n) is 18.5. The first-order valence-corrected chi connectivity index (χ1v) is 10.2. The van der Waals surface area contributed by atoms with Crippen LogP contribution >= 0.6 is 0 Å². The van der Waals surface area contributed by atoms with Crippen LogP contribution in [0.2, 0.25) is 0 Å². The molecule has 0 saturated carbocycles. The number of carbonyl (C=O) groups excluding carboxylic acids is 1. The van der Waals surface area contributed by atoms with Crippen molar-refractivity contribution in [2.45, 2.75) is 57.4 Å². The molecule has 2 aromatic rings. The molecule has 3 rings (SSSR count). The van der Waals surface area contributed by atoms with Crippen LogP contribution in [0.15, 0.2) is 42.7 Å². The van der Waals surface area contributed by atoms with Gasteiger partial charge >= 0.3 is 6.09 Å². The second-order valence-corrected chi connectivity index (χ2v) is 9.36. The number of likely N-dealkylation sites (tertiary alicyclic amines) is 1. The predicted molar refractivity (Wildman–Crippen MR) is 114 cm³/mol. The van der Waals surface area contributed by atoms with Crippen molar-refractivity contribution < 1.29 is 19.0 Å². The lowest BCUT2D eigenvalue weighted by molar-refractivity contribution is -0.155. The number of nitrogens with zero attached hydrogens (tertiary/aromatic N) is 3. The van der Waals surface area contributed by atoms with Gasteiger partial charge in [0.15, 0.2) is 11.3 Å². The minimum atomic E-state index is -2.18. The largest absolute Gasteiger partial charge is 0.444 e. The van der Waals surface area contributed by atoms with E-state index in [0.717, 1.165) is 5.56 Å². The van der Waals surface area contributed by atoms with Crippen LogP contribution in [0.1, 0.15) is 62.8 Å². The van der Waals surface area contributed by atoms with Crippen molar-refractivity contribution >= 4 is 6.09 Å². The van der Waals surface area contributed by atoms with Crippen LogP contribution in [0.25, 0.3) is 0 Å². The highest BCUT2D eigenvalue weighted by molar-refractivity contribution is 5.70. The normalized spacial score (nSPS) is 17.5. The molecule has 1 amide bonds. The topological polar surface area (TPSA) is 86.5 Å². The molecule has 7 heteroatoms. The van der Waals surface area contributed by atoms with E-state index in [2.05, 4.69) is 4.98 Å². The number of aliphatic hydroxyl groups is 1. The predicted octanol–water partition coefficient (Wildman–Crippen LogP) is 4.27. The summed E-state index contributed by atoms with van der Waals surface area (Å²) in [5.74, 6) is 0.274. The first-order valence-electron chi connectivity index (χ1n) is 10.2. The Hall–Kier alpha value is -2.98. The average Bonchev–Trinajstić information content (AvgIpc) is 2.69. The smallest absolute Gasteiger partial charge is 0.410 e. The Morgan fingerprint density at radius 1 is 1.23 bits per heavy atom. The Morgan fingerprint density at radius 3 is 2.35 bits per heavy atom. The minimum absolute atomic E-state index is 0.162. The second kappa shape index (κ2) is 7.93.